The molecule has 1 fully saturated rings. The van der Waals surface area contributed by atoms with E-state index in [2.05, 4.69) is 5.32 Å². The topological polar surface area (TPSA) is 58.6 Å². The van der Waals surface area contributed by atoms with Crippen molar-refractivity contribution in [2.24, 2.45) is 5.92 Å². The molecule has 1 aliphatic rings. The number of piperidine rings is 1. The number of hydrogen-bond donors (Lipinski definition) is 1. The molecule has 1 saturated heterocycles. The van der Waals surface area contributed by atoms with Crippen molar-refractivity contribution in [3.8, 4) is 5.75 Å². The standard InChI is InChI=1S/C17H24N2O3/c1-3-18-17(21)14-8-10-19(11-9-14)16(20)12-22-15-6-4-13(2)5-7-15/h4-7,14H,3,8-12H2,1-2H3,(H,18,21). The molecular formula is C17H24N2O3. The van der Waals surface area contributed by atoms with Gasteiger partial charge in [-0.2, -0.15) is 0 Å². The van der Waals surface area contributed by atoms with Gasteiger partial charge in [0.05, 0.1) is 0 Å². The predicted octanol–water partition coefficient (Wildman–Crippen LogP) is 1.75. The zero-order chi connectivity index (χ0) is 15.9. The van der Waals surface area contributed by atoms with E-state index >= 15 is 0 Å². The fourth-order valence-electron chi connectivity index (χ4n) is 2.58. The van der Waals surface area contributed by atoms with Crippen molar-refractivity contribution in [1.82, 2.24) is 10.2 Å². The van der Waals surface area contributed by atoms with Gasteiger partial charge < -0.3 is 15.0 Å². The number of hydrogen-bond acceptors (Lipinski definition) is 3. The lowest BCUT2D eigenvalue weighted by Crippen LogP contribution is -2.44. The van der Waals surface area contributed by atoms with Crippen molar-refractivity contribution in [2.45, 2.75) is 26.7 Å². The van der Waals surface area contributed by atoms with Gasteiger partial charge in [0.1, 0.15) is 5.75 Å². The normalized spacial score (nSPS) is 15.5. The molecule has 0 radical (unpaired) electrons. The highest BCUT2D eigenvalue weighted by molar-refractivity contribution is 5.80. The maximum absolute atomic E-state index is 12.1. The first kappa shape index (κ1) is 16.3. The van der Waals surface area contributed by atoms with Crippen LogP contribution in [-0.4, -0.2) is 43.0 Å². The van der Waals surface area contributed by atoms with Gasteiger partial charge in [0.15, 0.2) is 6.61 Å². The van der Waals surface area contributed by atoms with Gasteiger partial charge in [0.25, 0.3) is 5.91 Å². The summed E-state index contributed by atoms with van der Waals surface area (Å²) in [6.45, 7) is 5.87. The lowest BCUT2D eigenvalue weighted by Gasteiger charge is -2.31. The zero-order valence-corrected chi connectivity index (χ0v) is 13.3. The van der Waals surface area contributed by atoms with Crippen LogP contribution in [0.4, 0.5) is 0 Å². The summed E-state index contributed by atoms with van der Waals surface area (Å²) in [5.74, 6) is 0.818. The number of amides is 2. The molecule has 120 valence electrons. The number of carbonyl (C=O) groups excluding carboxylic acids is 2. The number of rotatable bonds is 5. The van der Waals surface area contributed by atoms with E-state index in [0.717, 1.165) is 18.4 Å². The summed E-state index contributed by atoms with van der Waals surface area (Å²) < 4.78 is 5.52. The third-order valence-electron chi connectivity index (χ3n) is 3.95. The molecule has 0 atom stereocenters. The number of aryl methyl sites for hydroxylation is 1. The maximum atomic E-state index is 12.1. The Morgan fingerprint density at radius 3 is 2.45 bits per heavy atom. The molecule has 22 heavy (non-hydrogen) atoms. The van der Waals surface area contributed by atoms with Crippen molar-refractivity contribution in [3.63, 3.8) is 0 Å². The minimum absolute atomic E-state index is 0.0186. The largest absolute Gasteiger partial charge is 0.484 e. The van der Waals surface area contributed by atoms with Crippen molar-refractivity contribution < 1.29 is 14.3 Å². The molecule has 0 spiro atoms. The maximum Gasteiger partial charge on any atom is 0.260 e. The molecule has 0 unspecified atom stereocenters. The Bertz CT molecular complexity index is 505. The lowest BCUT2D eigenvalue weighted by molar-refractivity contribution is -0.137. The summed E-state index contributed by atoms with van der Waals surface area (Å²) in [4.78, 5) is 25.7. The van der Waals surface area contributed by atoms with Gasteiger partial charge in [-0.1, -0.05) is 17.7 Å². The second-order valence-corrected chi connectivity index (χ2v) is 5.65. The van der Waals surface area contributed by atoms with E-state index in [4.69, 9.17) is 4.74 Å². The fourth-order valence-corrected chi connectivity index (χ4v) is 2.58. The number of benzene rings is 1. The molecule has 1 aliphatic heterocycles. The fraction of sp³-hybridized carbons (Fsp3) is 0.529. The highest BCUT2D eigenvalue weighted by Gasteiger charge is 2.27. The number of ether oxygens (including phenoxy) is 1. The summed E-state index contributed by atoms with van der Waals surface area (Å²) in [7, 11) is 0. The van der Waals surface area contributed by atoms with Gasteiger partial charge in [0, 0.05) is 25.6 Å². The SMILES string of the molecule is CCNC(=O)C1CCN(C(=O)COc2ccc(C)cc2)CC1. The molecule has 1 aromatic rings. The third kappa shape index (κ3) is 4.48. The molecule has 0 bridgehead atoms. The zero-order valence-electron chi connectivity index (χ0n) is 13.3. The number of nitrogens with zero attached hydrogens (tertiary/aromatic N) is 1. The van der Waals surface area contributed by atoms with E-state index in [9.17, 15) is 9.59 Å². The Morgan fingerprint density at radius 1 is 1.23 bits per heavy atom. The van der Waals surface area contributed by atoms with Crippen molar-refractivity contribution in [2.75, 3.05) is 26.2 Å². The van der Waals surface area contributed by atoms with Gasteiger partial charge >= 0.3 is 0 Å². The molecule has 2 rings (SSSR count). The van der Waals surface area contributed by atoms with Crippen LogP contribution in [-0.2, 0) is 9.59 Å². The van der Waals surface area contributed by atoms with E-state index in [1.165, 1.54) is 0 Å². The summed E-state index contributed by atoms with van der Waals surface area (Å²) in [6, 6.07) is 7.64. The predicted molar refractivity (Wildman–Crippen MR) is 84.7 cm³/mol. The Balaban J connectivity index is 1.75. The average molecular weight is 304 g/mol. The van der Waals surface area contributed by atoms with Gasteiger partial charge in [-0.05, 0) is 38.8 Å². The average Bonchev–Trinajstić information content (AvgIpc) is 2.54. The summed E-state index contributed by atoms with van der Waals surface area (Å²) in [6.07, 6.45) is 1.45. The van der Waals surface area contributed by atoms with E-state index < -0.39 is 0 Å². The van der Waals surface area contributed by atoms with Crippen LogP contribution in [0.25, 0.3) is 0 Å². The van der Waals surface area contributed by atoms with Crippen LogP contribution in [0, 0.1) is 12.8 Å². The Morgan fingerprint density at radius 2 is 1.86 bits per heavy atom. The molecule has 0 aromatic heterocycles. The summed E-state index contributed by atoms with van der Waals surface area (Å²) in [5, 5.41) is 2.84. The molecule has 1 aromatic carbocycles. The van der Waals surface area contributed by atoms with Gasteiger partial charge in [0.2, 0.25) is 5.91 Å². The lowest BCUT2D eigenvalue weighted by atomic mass is 9.96. The Kier molecular flexibility index (Phi) is 5.81. The van der Waals surface area contributed by atoms with Crippen LogP contribution < -0.4 is 10.1 Å². The van der Waals surface area contributed by atoms with Crippen molar-refractivity contribution in [3.05, 3.63) is 29.8 Å². The Hall–Kier alpha value is -2.04. The number of carbonyl (C=O) groups is 2. The van der Waals surface area contributed by atoms with Crippen LogP contribution in [0.15, 0.2) is 24.3 Å². The van der Waals surface area contributed by atoms with Gasteiger partial charge in [-0.3, -0.25) is 9.59 Å². The Labute approximate surface area is 131 Å². The number of likely N-dealkylation sites (tertiary alicyclic amines) is 1. The first-order valence-corrected chi connectivity index (χ1v) is 7.85. The minimum atomic E-state index is -0.0186. The van der Waals surface area contributed by atoms with E-state index in [1.54, 1.807) is 4.90 Å². The van der Waals surface area contributed by atoms with E-state index in [0.29, 0.717) is 25.4 Å². The van der Waals surface area contributed by atoms with Gasteiger partial charge in [-0.25, -0.2) is 0 Å². The highest BCUT2D eigenvalue weighted by atomic mass is 16.5. The first-order valence-electron chi connectivity index (χ1n) is 7.85. The van der Waals surface area contributed by atoms with Crippen molar-refractivity contribution in [1.29, 1.82) is 0 Å². The molecule has 2 amide bonds. The smallest absolute Gasteiger partial charge is 0.260 e. The number of nitrogens with one attached hydrogen (secondary N) is 1. The second kappa shape index (κ2) is 7.82. The second-order valence-electron chi connectivity index (χ2n) is 5.65. The minimum Gasteiger partial charge on any atom is -0.484 e. The van der Waals surface area contributed by atoms with Crippen LogP contribution in [0.5, 0.6) is 5.75 Å². The first-order chi connectivity index (χ1) is 10.6. The quantitative estimate of drug-likeness (QED) is 0.901. The van der Waals surface area contributed by atoms with Crippen LogP contribution in [0.3, 0.4) is 0 Å². The van der Waals surface area contributed by atoms with Crippen LogP contribution in [0.1, 0.15) is 25.3 Å². The van der Waals surface area contributed by atoms with E-state index in [-0.39, 0.29) is 24.3 Å². The van der Waals surface area contributed by atoms with Crippen LogP contribution in [0.2, 0.25) is 0 Å². The molecule has 0 saturated carbocycles. The molecule has 1 N–H and O–H groups in total. The molecule has 5 nitrogen and oxygen atoms in total. The summed E-state index contributed by atoms with van der Waals surface area (Å²) >= 11 is 0. The third-order valence-corrected chi connectivity index (χ3v) is 3.95. The monoisotopic (exact) mass is 304 g/mol. The van der Waals surface area contributed by atoms with Crippen LogP contribution >= 0.6 is 0 Å². The summed E-state index contributed by atoms with van der Waals surface area (Å²) in [5.41, 5.74) is 1.16. The molecular weight excluding hydrogens is 280 g/mol. The van der Waals surface area contributed by atoms with Gasteiger partial charge in [-0.15, -0.1) is 0 Å². The van der Waals surface area contributed by atoms with E-state index in [1.807, 2.05) is 38.1 Å². The molecule has 5 heteroatoms. The molecule has 0 aliphatic carbocycles. The van der Waals surface area contributed by atoms with Crippen molar-refractivity contribution >= 4 is 11.8 Å². The highest BCUT2D eigenvalue weighted by Crippen LogP contribution is 2.18. The molecule has 1 heterocycles.